The molecule has 352 valence electrons. The number of carbonyl (C=O) groups is 4. The van der Waals surface area contributed by atoms with Gasteiger partial charge in [0.15, 0.2) is 31.3 Å². The van der Waals surface area contributed by atoms with Crippen LogP contribution in [0.5, 0.6) is 5.75 Å². The predicted molar refractivity (Wildman–Crippen MR) is 205 cm³/mol. The van der Waals surface area contributed by atoms with E-state index in [1.165, 1.54) is 6.92 Å². The van der Waals surface area contributed by atoms with Gasteiger partial charge in [0.1, 0.15) is 78.9 Å². The van der Waals surface area contributed by atoms with E-state index in [0.29, 0.717) is 11.3 Å². The largest absolute Gasteiger partial charge is 0.484 e. The van der Waals surface area contributed by atoms with Crippen molar-refractivity contribution >= 4 is 23.5 Å². The molecular weight excluding hydrogens is 834 g/mol. The first-order valence-corrected chi connectivity index (χ1v) is 20.0. The van der Waals surface area contributed by atoms with Crippen molar-refractivity contribution in [3.63, 3.8) is 0 Å². The summed E-state index contributed by atoms with van der Waals surface area (Å²) in [4.78, 5) is 48.0. The van der Waals surface area contributed by atoms with Crippen LogP contribution < -0.4 is 20.7 Å². The summed E-state index contributed by atoms with van der Waals surface area (Å²) in [5.41, 5.74) is 0.461. The van der Waals surface area contributed by atoms with Crippen molar-refractivity contribution in [2.24, 2.45) is 0 Å². The van der Waals surface area contributed by atoms with Crippen LogP contribution in [0.15, 0.2) is 24.3 Å². The van der Waals surface area contributed by atoms with Crippen LogP contribution in [0.25, 0.3) is 0 Å². The lowest BCUT2D eigenvalue weighted by atomic mass is 9.95. The highest BCUT2D eigenvalue weighted by Crippen LogP contribution is 2.33. The van der Waals surface area contributed by atoms with E-state index < -0.39 is 124 Å². The molecule has 12 N–H and O–H groups in total. The second-order valence-electron chi connectivity index (χ2n) is 14.7. The van der Waals surface area contributed by atoms with E-state index >= 15 is 0 Å². The van der Waals surface area contributed by atoms with Crippen molar-refractivity contribution in [3.05, 3.63) is 29.8 Å². The van der Waals surface area contributed by atoms with Gasteiger partial charge in [0.25, 0.3) is 5.91 Å². The van der Waals surface area contributed by atoms with E-state index in [4.69, 9.17) is 37.9 Å². The molecule has 15 atom stereocenters. The summed E-state index contributed by atoms with van der Waals surface area (Å²) >= 11 is 0. The van der Waals surface area contributed by atoms with Crippen molar-refractivity contribution < 1.29 is 103 Å². The van der Waals surface area contributed by atoms with Gasteiger partial charge in [-0.05, 0) is 25.5 Å². The quantitative estimate of drug-likeness (QED) is 0.0359. The Morgan fingerprint density at radius 3 is 1.95 bits per heavy atom. The fraction of sp³-hybridized carbons (Fsp3) is 0.737. The van der Waals surface area contributed by atoms with Crippen LogP contribution in [0.4, 0.5) is 0 Å². The van der Waals surface area contributed by atoms with Crippen molar-refractivity contribution in [1.82, 2.24) is 16.0 Å². The molecule has 1 aromatic rings. The number of aliphatic hydroxyl groups excluding tert-OH is 9. The van der Waals surface area contributed by atoms with Crippen molar-refractivity contribution in [2.45, 2.75) is 119 Å². The number of carbonyl (C=O) groups excluding carboxylic acids is 4. The molecule has 1 aromatic carbocycles. The zero-order chi connectivity index (χ0) is 45.5. The Bertz CT molecular complexity index is 1580. The molecule has 0 radical (unpaired) electrons. The smallest absolute Gasteiger partial charge is 0.258 e. The second kappa shape index (κ2) is 25.1. The predicted octanol–water partition coefficient (Wildman–Crippen LogP) is -6.09. The Hall–Kier alpha value is -3.54. The minimum absolute atomic E-state index is 0.0184. The summed E-state index contributed by atoms with van der Waals surface area (Å²) in [5.74, 6) is -1.10. The highest BCUT2D eigenvalue weighted by atomic mass is 16.8. The Balaban J connectivity index is 1.20. The minimum atomic E-state index is -1.97. The van der Waals surface area contributed by atoms with Gasteiger partial charge in [-0.1, -0.05) is 12.1 Å². The molecule has 0 aromatic heterocycles. The standard InChI is InChI=1S/C38H59N3O21/c1-18(45)20-5-3-6-21(13-20)57-17-26(48)40-9-12-55-11-7-25(47)39-8-4-10-56-36-27(41-19(2)46)30(51)34(24(16-44)60-36)61-38-33(54)35(29(50)23(15-43)59-38)62-37-32(53)31(52)28(49)22(14-42)58-37/h3,5-6,13,22-24,27-38,42-44,49-54H,4,7-12,14-17H2,1-2H3,(H,39,47)(H,40,48)(H,41,46)/t22?,23?,24?,27?,28-,29-,30?,31?,32+,33?,34+,35?,36+,37+,38-/m0/s1. The number of hydrogen-bond acceptors (Lipinski definition) is 21. The molecule has 3 amide bonds. The first-order valence-electron chi connectivity index (χ1n) is 20.0. The van der Waals surface area contributed by atoms with Gasteiger partial charge in [0.05, 0.1) is 39.6 Å². The Kier molecular flexibility index (Phi) is 20.7. The van der Waals surface area contributed by atoms with Gasteiger partial charge in [-0.2, -0.15) is 0 Å². The van der Waals surface area contributed by atoms with Crippen LogP contribution in [-0.2, 0) is 47.5 Å². The summed E-state index contributed by atoms with van der Waals surface area (Å²) in [6.45, 7) is 0.360. The first-order chi connectivity index (χ1) is 29.6. The third-order valence-electron chi connectivity index (χ3n) is 10.1. The monoisotopic (exact) mass is 893 g/mol. The molecule has 0 saturated carbocycles. The lowest BCUT2D eigenvalue weighted by Gasteiger charge is -2.48. The number of hydrogen-bond donors (Lipinski definition) is 12. The Labute approximate surface area is 355 Å². The molecular formula is C38H59N3O21. The molecule has 0 aliphatic carbocycles. The van der Waals surface area contributed by atoms with Gasteiger partial charge in [-0.15, -0.1) is 0 Å². The number of ketones is 1. The van der Waals surface area contributed by atoms with Gasteiger partial charge < -0.3 is 99.8 Å². The highest BCUT2D eigenvalue weighted by Gasteiger charge is 2.54. The molecule has 3 aliphatic rings. The Morgan fingerprint density at radius 2 is 1.29 bits per heavy atom. The van der Waals surface area contributed by atoms with Crippen LogP contribution in [-0.4, -0.2) is 221 Å². The maximum atomic E-state index is 12.3. The van der Waals surface area contributed by atoms with E-state index in [0.717, 1.165) is 6.92 Å². The molecule has 8 unspecified atom stereocenters. The van der Waals surface area contributed by atoms with E-state index in [-0.39, 0.29) is 64.0 Å². The molecule has 3 saturated heterocycles. The molecule has 62 heavy (non-hydrogen) atoms. The number of rotatable bonds is 23. The van der Waals surface area contributed by atoms with Gasteiger partial charge in [0, 0.05) is 32.0 Å². The van der Waals surface area contributed by atoms with Gasteiger partial charge in [0.2, 0.25) is 11.8 Å². The third kappa shape index (κ3) is 14.2. The van der Waals surface area contributed by atoms with Gasteiger partial charge in [-0.25, -0.2) is 0 Å². The third-order valence-corrected chi connectivity index (χ3v) is 10.1. The summed E-state index contributed by atoms with van der Waals surface area (Å²) in [7, 11) is 0. The topological polar surface area (TPSA) is 360 Å². The lowest BCUT2D eigenvalue weighted by molar-refractivity contribution is -0.376. The molecule has 0 spiro atoms. The van der Waals surface area contributed by atoms with Crippen LogP contribution in [0.1, 0.15) is 37.0 Å². The summed E-state index contributed by atoms with van der Waals surface area (Å²) in [6, 6.07) is 5.13. The number of ether oxygens (including phenoxy) is 8. The van der Waals surface area contributed by atoms with Crippen molar-refractivity contribution in [3.8, 4) is 5.75 Å². The van der Waals surface area contributed by atoms with Crippen LogP contribution >= 0.6 is 0 Å². The average Bonchev–Trinajstić information content (AvgIpc) is 3.25. The Morgan fingerprint density at radius 1 is 0.661 bits per heavy atom. The molecule has 24 nitrogen and oxygen atoms in total. The zero-order valence-corrected chi connectivity index (χ0v) is 34.2. The normalized spacial score (nSPS) is 33.6. The zero-order valence-electron chi connectivity index (χ0n) is 34.2. The maximum absolute atomic E-state index is 12.3. The molecule has 24 heteroatoms. The maximum Gasteiger partial charge on any atom is 0.258 e. The minimum Gasteiger partial charge on any atom is -0.484 e. The molecule has 4 rings (SSSR count). The summed E-state index contributed by atoms with van der Waals surface area (Å²) < 4.78 is 44.7. The van der Waals surface area contributed by atoms with Gasteiger partial charge in [-0.3, -0.25) is 19.2 Å². The highest BCUT2D eigenvalue weighted by molar-refractivity contribution is 5.94. The van der Waals surface area contributed by atoms with Crippen molar-refractivity contribution in [2.75, 3.05) is 59.3 Å². The SMILES string of the molecule is CC(=O)NC1C(O)[C@H](O[C@@H]2OC(CO)[C@H](O)C(O[C@H]3OC(CO)[C@H](O)C(O)[C@H]3O)C2O)C(CO)O[C@H]1OCCCNC(=O)CCOCCNC(=O)COc1cccc(C(C)=O)c1. The summed E-state index contributed by atoms with van der Waals surface area (Å²) in [6.07, 6.45) is -23.3. The molecule has 3 aliphatic heterocycles. The van der Waals surface area contributed by atoms with Crippen molar-refractivity contribution in [1.29, 1.82) is 0 Å². The van der Waals surface area contributed by atoms with E-state index in [9.17, 15) is 65.1 Å². The first kappa shape index (κ1) is 51.1. The average molecular weight is 894 g/mol. The van der Waals surface area contributed by atoms with Crippen LogP contribution in [0.3, 0.4) is 0 Å². The van der Waals surface area contributed by atoms with E-state index in [2.05, 4.69) is 16.0 Å². The fourth-order valence-corrected chi connectivity index (χ4v) is 6.70. The van der Waals surface area contributed by atoms with Crippen LogP contribution in [0, 0.1) is 0 Å². The molecule has 0 bridgehead atoms. The molecule has 3 fully saturated rings. The van der Waals surface area contributed by atoms with Crippen LogP contribution in [0.2, 0.25) is 0 Å². The van der Waals surface area contributed by atoms with Gasteiger partial charge >= 0.3 is 0 Å². The lowest BCUT2D eigenvalue weighted by Crippen LogP contribution is -2.68. The number of nitrogens with one attached hydrogen (secondary N) is 3. The number of benzene rings is 1. The number of aliphatic hydroxyl groups is 9. The number of amides is 3. The fourth-order valence-electron chi connectivity index (χ4n) is 6.70. The molecule has 3 heterocycles. The van der Waals surface area contributed by atoms with E-state index in [1.54, 1.807) is 24.3 Å². The second-order valence-corrected chi connectivity index (χ2v) is 14.7. The number of Topliss-reactive ketones (excluding diaryl/α,β-unsaturated/α-hetero) is 1. The van der Waals surface area contributed by atoms with E-state index in [1.807, 2.05) is 0 Å². The summed E-state index contributed by atoms with van der Waals surface area (Å²) in [5, 5.41) is 102.